The van der Waals surface area contributed by atoms with E-state index in [0.717, 1.165) is 15.3 Å². The zero-order valence-electron chi connectivity index (χ0n) is 16.3. The maximum absolute atomic E-state index is 13.4. The molecule has 0 bridgehead atoms. The predicted molar refractivity (Wildman–Crippen MR) is 114 cm³/mol. The topological polar surface area (TPSA) is 93.3 Å². The van der Waals surface area contributed by atoms with Gasteiger partial charge in [0.15, 0.2) is 10.9 Å². The molecule has 4 heterocycles. The molecule has 0 radical (unpaired) electrons. The lowest BCUT2D eigenvalue weighted by Gasteiger charge is -2.37. The van der Waals surface area contributed by atoms with Gasteiger partial charge in [-0.1, -0.05) is 11.3 Å². The Hall–Kier alpha value is -3.53. The van der Waals surface area contributed by atoms with Crippen molar-refractivity contribution < 1.29 is 13.6 Å². The monoisotopic (exact) mass is 439 g/mol. The van der Waals surface area contributed by atoms with Gasteiger partial charge in [0.25, 0.3) is 5.56 Å². The molecule has 4 aromatic rings. The second-order valence-electron chi connectivity index (χ2n) is 7.26. The molecule has 1 aliphatic heterocycles. The summed E-state index contributed by atoms with van der Waals surface area (Å²) < 4.78 is 20.8. The van der Waals surface area contributed by atoms with E-state index in [1.54, 1.807) is 30.5 Å². The number of nitrogens with zero attached hydrogens (tertiary/aromatic N) is 4. The molecule has 0 unspecified atom stereocenters. The van der Waals surface area contributed by atoms with Crippen LogP contribution in [0.1, 0.15) is 0 Å². The Balaban J connectivity index is 1.14. The number of aromatic nitrogens is 3. The Morgan fingerprint density at radius 3 is 2.94 bits per heavy atom. The van der Waals surface area contributed by atoms with Crippen LogP contribution in [0.5, 0.6) is 0 Å². The summed E-state index contributed by atoms with van der Waals surface area (Å²) in [6, 6.07) is 11.1. The van der Waals surface area contributed by atoms with Crippen LogP contribution in [0.2, 0.25) is 0 Å². The van der Waals surface area contributed by atoms with Crippen molar-refractivity contribution in [1.29, 1.82) is 0 Å². The Bertz CT molecular complexity index is 1290. The Morgan fingerprint density at radius 2 is 2.13 bits per heavy atom. The lowest BCUT2D eigenvalue weighted by Crippen LogP contribution is -2.54. The molecule has 1 N–H and O–H groups in total. The minimum absolute atomic E-state index is 0.0707. The fourth-order valence-electron chi connectivity index (χ4n) is 3.42. The normalized spacial score (nSPS) is 14.0. The van der Waals surface area contributed by atoms with Crippen molar-refractivity contribution in [3.63, 3.8) is 0 Å². The lowest BCUT2D eigenvalue weighted by molar-refractivity contribution is -0.125. The molecule has 1 aromatic carbocycles. The SMILES string of the molecule is O=C(NCCn1nc(-c2ccco2)ccc1=O)C1CN(c2nc3ccc(F)cc3s2)C1. The molecule has 0 spiro atoms. The van der Waals surface area contributed by atoms with Crippen LogP contribution < -0.4 is 15.8 Å². The number of rotatable bonds is 6. The predicted octanol–water partition coefficient (Wildman–Crippen LogP) is 2.50. The first-order chi connectivity index (χ1) is 15.1. The first-order valence-corrected chi connectivity index (χ1v) is 10.6. The number of nitrogens with one attached hydrogen (secondary N) is 1. The number of furan rings is 1. The van der Waals surface area contributed by atoms with E-state index < -0.39 is 0 Å². The highest BCUT2D eigenvalue weighted by Crippen LogP contribution is 2.33. The van der Waals surface area contributed by atoms with Gasteiger partial charge in [0.05, 0.1) is 28.9 Å². The molecular weight excluding hydrogens is 421 g/mol. The Kier molecular flexibility index (Phi) is 4.99. The zero-order chi connectivity index (χ0) is 21.4. The number of halogens is 1. The second-order valence-corrected chi connectivity index (χ2v) is 8.27. The van der Waals surface area contributed by atoms with Crippen molar-refractivity contribution in [3.8, 4) is 11.5 Å². The van der Waals surface area contributed by atoms with E-state index in [-0.39, 0.29) is 29.7 Å². The number of hydrogen-bond donors (Lipinski definition) is 1. The quantitative estimate of drug-likeness (QED) is 0.496. The molecule has 10 heteroatoms. The Labute approximate surface area is 179 Å². The number of carbonyl (C=O) groups excluding carboxylic acids is 1. The zero-order valence-corrected chi connectivity index (χ0v) is 17.1. The highest BCUT2D eigenvalue weighted by atomic mass is 32.1. The molecule has 3 aromatic heterocycles. The van der Waals surface area contributed by atoms with E-state index in [0.29, 0.717) is 31.1 Å². The maximum Gasteiger partial charge on any atom is 0.266 e. The summed E-state index contributed by atoms with van der Waals surface area (Å²) in [5.41, 5.74) is 1.07. The van der Waals surface area contributed by atoms with Crippen molar-refractivity contribution in [2.45, 2.75) is 6.54 Å². The summed E-state index contributed by atoms with van der Waals surface area (Å²) in [5.74, 6) is 0.0679. The van der Waals surface area contributed by atoms with Gasteiger partial charge in [-0.05, 0) is 36.4 Å². The third kappa shape index (κ3) is 3.93. The number of benzene rings is 1. The first kappa shape index (κ1) is 19.4. The third-order valence-corrected chi connectivity index (χ3v) is 6.20. The summed E-state index contributed by atoms with van der Waals surface area (Å²) in [7, 11) is 0. The van der Waals surface area contributed by atoms with E-state index in [4.69, 9.17) is 4.42 Å². The van der Waals surface area contributed by atoms with Crippen LogP contribution in [0.15, 0.2) is 57.9 Å². The fourth-order valence-corrected chi connectivity index (χ4v) is 4.42. The number of hydrogen-bond acceptors (Lipinski definition) is 7. The summed E-state index contributed by atoms with van der Waals surface area (Å²) >= 11 is 1.42. The molecule has 31 heavy (non-hydrogen) atoms. The fraction of sp³-hybridized carbons (Fsp3) is 0.238. The van der Waals surface area contributed by atoms with Gasteiger partial charge >= 0.3 is 0 Å². The molecule has 0 saturated carbocycles. The smallest absolute Gasteiger partial charge is 0.266 e. The molecule has 1 aliphatic rings. The van der Waals surface area contributed by atoms with Gasteiger partial charge < -0.3 is 14.6 Å². The van der Waals surface area contributed by atoms with Crippen LogP contribution in [-0.4, -0.2) is 40.3 Å². The molecule has 0 atom stereocenters. The highest BCUT2D eigenvalue weighted by molar-refractivity contribution is 7.22. The standard InChI is InChI=1S/C21H18FN5O3S/c22-14-3-4-16-18(10-14)31-21(24-16)26-11-13(12-26)20(29)23-7-8-27-19(28)6-5-15(25-27)17-2-1-9-30-17/h1-6,9-10,13H,7-8,11-12H2,(H,23,29). The van der Waals surface area contributed by atoms with Crippen LogP contribution in [-0.2, 0) is 11.3 Å². The van der Waals surface area contributed by atoms with E-state index in [1.165, 1.54) is 34.2 Å². The molecule has 0 aliphatic carbocycles. The molecule has 1 amide bonds. The highest BCUT2D eigenvalue weighted by Gasteiger charge is 2.34. The molecule has 1 saturated heterocycles. The van der Waals surface area contributed by atoms with Crippen molar-refractivity contribution >= 4 is 32.6 Å². The van der Waals surface area contributed by atoms with Crippen LogP contribution in [0.3, 0.4) is 0 Å². The number of amides is 1. The third-order valence-electron chi connectivity index (χ3n) is 5.13. The van der Waals surface area contributed by atoms with Crippen molar-refractivity contribution in [2.24, 2.45) is 5.92 Å². The van der Waals surface area contributed by atoms with E-state index >= 15 is 0 Å². The summed E-state index contributed by atoms with van der Waals surface area (Å²) in [6.45, 7) is 1.67. The number of fused-ring (bicyclic) bond motifs is 1. The first-order valence-electron chi connectivity index (χ1n) is 9.77. The molecule has 5 rings (SSSR count). The van der Waals surface area contributed by atoms with E-state index in [2.05, 4.69) is 15.4 Å². The van der Waals surface area contributed by atoms with E-state index in [1.807, 2.05) is 4.90 Å². The summed E-state index contributed by atoms with van der Waals surface area (Å²) in [4.78, 5) is 31.0. The minimum atomic E-state index is -0.285. The van der Waals surface area contributed by atoms with Gasteiger partial charge in [-0.2, -0.15) is 5.10 Å². The molecule has 1 fully saturated rings. The van der Waals surface area contributed by atoms with Gasteiger partial charge in [0.1, 0.15) is 11.5 Å². The van der Waals surface area contributed by atoms with Crippen molar-refractivity contribution in [1.82, 2.24) is 20.1 Å². The van der Waals surface area contributed by atoms with E-state index in [9.17, 15) is 14.0 Å². The largest absolute Gasteiger partial charge is 0.463 e. The van der Waals surface area contributed by atoms with Crippen LogP contribution in [0, 0.1) is 11.7 Å². The lowest BCUT2D eigenvalue weighted by atomic mass is 10.0. The van der Waals surface area contributed by atoms with Crippen LogP contribution >= 0.6 is 11.3 Å². The molecular formula is C21H18FN5O3S. The number of thiazole rings is 1. The van der Waals surface area contributed by atoms with Gasteiger partial charge in [0.2, 0.25) is 5.91 Å². The van der Waals surface area contributed by atoms with Gasteiger partial charge in [-0.3, -0.25) is 9.59 Å². The molecule has 8 nitrogen and oxygen atoms in total. The van der Waals surface area contributed by atoms with Crippen LogP contribution in [0.4, 0.5) is 9.52 Å². The van der Waals surface area contributed by atoms with Crippen molar-refractivity contribution in [2.75, 3.05) is 24.5 Å². The van der Waals surface area contributed by atoms with Gasteiger partial charge in [-0.15, -0.1) is 0 Å². The summed E-state index contributed by atoms with van der Waals surface area (Å²) in [5, 5.41) is 7.94. The van der Waals surface area contributed by atoms with Gasteiger partial charge in [0, 0.05) is 25.7 Å². The minimum Gasteiger partial charge on any atom is -0.463 e. The maximum atomic E-state index is 13.4. The number of carbonyl (C=O) groups is 1. The van der Waals surface area contributed by atoms with Gasteiger partial charge in [-0.25, -0.2) is 14.1 Å². The molecule has 158 valence electrons. The second kappa shape index (κ2) is 7.95. The average molecular weight is 439 g/mol. The Morgan fingerprint density at radius 1 is 1.26 bits per heavy atom. The van der Waals surface area contributed by atoms with Crippen LogP contribution in [0.25, 0.3) is 21.7 Å². The average Bonchev–Trinajstić information content (AvgIpc) is 3.38. The van der Waals surface area contributed by atoms with Crippen molar-refractivity contribution in [3.05, 3.63) is 64.9 Å². The summed E-state index contributed by atoms with van der Waals surface area (Å²) in [6.07, 6.45) is 1.54. The number of anilines is 1.